The number of nitrogens with zero attached hydrogens (tertiary/aromatic N) is 2. The molecule has 2 rings (SSSR count). The highest BCUT2D eigenvalue weighted by molar-refractivity contribution is 4.98. The Labute approximate surface area is 110 Å². The average molecular weight is 251 g/mol. The molecule has 102 valence electrons. The van der Waals surface area contributed by atoms with Crippen LogP contribution in [0.5, 0.6) is 0 Å². The first-order chi connectivity index (χ1) is 8.90. The fourth-order valence-electron chi connectivity index (χ4n) is 2.49. The molecule has 18 heavy (non-hydrogen) atoms. The van der Waals surface area contributed by atoms with Gasteiger partial charge in [-0.1, -0.05) is 37.8 Å². The first kappa shape index (κ1) is 13.5. The number of rotatable bonds is 7. The van der Waals surface area contributed by atoms with E-state index in [4.69, 9.17) is 4.52 Å². The van der Waals surface area contributed by atoms with Crippen LogP contribution < -0.4 is 5.32 Å². The summed E-state index contributed by atoms with van der Waals surface area (Å²) in [6, 6.07) is 0. The van der Waals surface area contributed by atoms with E-state index in [1.807, 2.05) is 0 Å². The quantitative estimate of drug-likeness (QED) is 0.757. The van der Waals surface area contributed by atoms with Crippen molar-refractivity contribution >= 4 is 0 Å². The fourth-order valence-corrected chi connectivity index (χ4v) is 2.49. The molecule has 1 aromatic heterocycles. The number of piperidine rings is 1. The molecule has 1 unspecified atom stereocenters. The molecule has 1 saturated heterocycles. The van der Waals surface area contributed by atoms with Gasteiger partial charge in [0.1, 0.15) is 0 Å². The molecule has 4 heteroatoms. The van der Waals surface area contributed by atoms with Crippen molar-refractivity contribution in [2.24, 2.45) is 0 Å². The van der Waals surface area contributed by atoms with E-state index in [9.17, 15) is 0 Å². The summed E-state index contributed by atoms with van der Waals surface area (Å²) in [5.74, 6) is 2.19. The van der Waals surface area contributed by atoms with Crippen molar-refractivity contribution < 1.29 is 4.52 Å². The Morgan fingerprint density at radius 3 is 2.94 bits per heavy atom. The smallest absolute Gasteiger partial charge is 0.226 e. The van der Waals surface area contributed by atoms with Crippen molar-refractivity contribution in [1.29, 1.82) is 0 Å². The van der Waals surface area contributed by atoms with Crippen molar-refractivity contribution in [2.45, 2.75) is 64.2 Å². The van der Waals surface area contributed by atoms with Crippen LogP contribution in [0.3, 0.4) is 0 Å². The molecule has 4 nitrogen and oxygen atoms in total. The monoisotopic (exact) mass is 251 g/mol. The maximum atomic E-state index is 5.34. The van der Waals surface area contributed by atoms with Crippen molar-refractivity contribution in [3.8, 4) is 0 Å². The minimum atomic E-state index is 0.455. The third kappa shape index (κ3) is 4.09. The molecule has 0 spiro atoms. The van der Waals surface area contributed by atoms with E-state index in [0.29, 0.717) is 5.92 Å². The number of aryl methyl sites for hydroxylation is 1. The van der Waals surface area contributed by atoms with Crippen LogP contribution in [0.15, 0.2) is 4.52 Å². The lowest BCUT2D eigenvalue weighted by atomic mass is 9.99. The van der Waals surface area contributed by atoms with Gasteiger partial charge in [0.05, 0.1) is 0 Å². The fraction of sp³-hybridized carbons (Fsp3) is 0.857. The summed E-state index contributed by atoms with van der Waals surface area (Å²) in [6.45, 7) is 4.36. The zero-order valence-corrected chi connectivity index (χ0v) is 11.5. The molecular weight excluding hydrogens is 226 g/mol. The maximum Gasteiger partial charge on any atom is 0.226 e. The predicted octanol–water partition coefficient (Wildman–Crippen LogP) is 3.05. The first-order valence-corrected chi connectivity index (χ1v) is 7.43. The molecule has 0 bridgehead atoms. The highest BCUT2D eigenvalue weighted by Gasteiger charge is 2.20. The van der Waals surface area contributed by atoms with Crippen LogP contribution in [0.4, 0.5) is 0 Å². The van der Waals surface area contributed by atoms with Crippen LogP contribution in [0.2, 0.25) is 0 Å². The lowest BCUT2D eigenvalue weighted by molar-refractivity contribution is 0.357. The summed E-state index contributed by atoms with van der Waals surface area (Å²) in [4.78, 5) is 4.53. The van der Waals surface area contributed by atoms with Crippen LogP contribution in [0, 0.1) is 0 Å². The molecule has 0 radical (unpaired) electrons. The molecule has 1 aliphatic heterocycles. The minimum Gasteiger partial charge on any atom is -0.339 e. The summed E-state index contributed by atoms with van der Waals surface area (Å²) >= 11 is 0. The molecule has 1 fully saturated rings. The summed E-state index contributed by atoms with van der Waals surface area (Å²) in [6.07, 6.45) is 9.73. The number of aromatic nitrogens is 2. The van der Waals surface area contributed by atoms with E-state index in [1.165, 1.54) is 44.9 Å². The van der Waals surface area contributed by atoms with Crippen LogP contribution in [-0.2, 0) is 6.42 Å². The van der Waals surface area contributed by atoms with Gasteiger partial charge in [-0.3, -0.25) is 0 Å². The second-order valence-electron chi connectivity index (χ2n) is 5.25. The van der Waals surface area contributed by atoms with E-state index in [1.54, 1.807) is 0 Å². The SMILES string of the molecule is CCCCCCCc1nc(C2CCCNC2)no1. The number of hydrogen-bond donors (Lipinski definition) is 1. The van der Waals surface area contributed by atoms with E-state index in [-0.39, 0.29) is 0 Å². The molecule has 1 aromatic rings. The van der Waals surface area contributed by atoms with Gasteiger partial charge < -0.3 is 9.84 Å². The highest BCUT2D eigenvalue weighted by Crippen LogP contribution is 2.20. The van der Waals surface area contributed by atoms with Gasteiger partial charge in [0.25, 0.3) is 0 Å². The van der Waals surface area contributed by atoms with Crippen LogP contribution >= 0.6 is 0 Å². The van der Waals surface area contributed by atoms with Gasteiger partial charge in [-0.2, -0.15) is 4.98 Å². The zero-order chi connectivity index (χ0) is 12.6. The van der Waals surface area contributed by atoms with Gasteiger partial charge in [0, 0.05) is 18.9 Å². The lowest BCUT2D eigenvalue weighted by Gasteiger charge is -2.19. The molecule has 2 heterocycles. The second-order valence-corrected chi connectivity index (χ2v) is 5.25. The van der Waals surface area contributed by atoms with Gasteiger partial charge in [0.2, 0.25) is 5.89 Å². The Balaban J connectivity index is 1.72. The largest absolute Gasteiger partial charge is 0.339 e. The summed E-state index contributed by atoms with van der Waals surface area (Å²) in [7, 11) is 0. The normalized spacial score (nSPS) is 20.2. The van der Waals surface area contributed by atoms with Gasteiger partial charge in [-0.15, -0.1) is 0 Å². The second kappa shape index (κ2) is 7.52. The van der Waals surface area contributed by atoms with Crippen LogP contribution in [0.25, 0.3) is 0 Å². The third-order valence-corrected chi connectivity index (χ3v) is 3.64. The maximum absolute atomic E-state index is 5.34. The topological polar surface area (TPSA) is 51.0 Å². The van der Waals surface area contributed by atoms with Gasteiger partial charge in [-0.25, -0.2) is 0 Å². The Bertz CT molecular complexity index is 332. The van der Waals surface area contributed by atoms with Gasteiger partial charge >= 0.3 is 0 Å². The van der Waals surface area contributed by atoms with Crippen molar-refractivity contribution in [2.75, 3.05) is 13.1 Å². The van der Waals surface area contributed by atoms with Crippen molar-refractivity contribution in [3.63, 3.8) is 0 Å². The summed E-state index contributed by atoms with van der Waals surface area (Å²) in [5.41, 5.74) is 0. The molecular formula is C14H25N3O. The van der Waals surface area contributed by atoms with E-state index in [0.717, 1.165) is 31.2 Å². The van der Waals surface area contributed by atoms with Gasteiger partial charge in [0.15, 0.2) is 5.82 Å². The van der Waals surface area contributed by atoms with E-state index < -0.39 is 0 Å². The van der Waals surface area contributed by atoms with Gasteiger partial charge in [-0.05, 0) is 25.8 Å². The summed E-state index contributed by atoms with van der Waals surface area (Å²) < 4.78 is 5.34. The Morgan fingerprint density at radius 2 is 2.17 bits per heavy atom. The standard InChI is InChI=1S/C14H25N3O/c1-2-3-4-5-6-9-13-16-14(17-18-13)12-8-7-10-15-11-12/h12,15H,2-11H2,1H3. The molecule has 1 aliphatic rings. The molecule has 0 aromatic carbocycles. The Morgan fingerprint density at radius 1 is 1.28 bits per heavy atom. The molecule has 1 N–H and O–H groups in total. The Kier molecular flexibility index (Phi) is 5.65. The van der Waals surface area contributed by atoms with Crippen molar-refractivity contribution in [1.82, 2.24) is 15.5 Å². The Hall–Kier alpha value is -0.900. The summed E-state index contributed by atoms with van der Waals surface area (Å²) in [5, 5.41) is 7.52. The average Bonchev–Trinajstić information content (AvgIpc) is 2.88. The van der Waals surface area contributed by atoms with Crippen molar-refractivity contribution in [3.05, 3.63) is 11.7 Å². The van der Waals surface area contributed by atoms with Crippen LogP contribution in [-0.4, -0.2) is 23.2 Å². The zero-order valence-electron chi connectivity index (χ0n) is 11.5. The van der Waals surface area contributed by atoms with E-state index in [2.05, 4.69) is 22.4 Å². The minimum absolute atomic E-state index is 0.455. The van der Waals surface area contributed by atoms with E-state index >= 15 is 0 Å². The number of nitrogens with one attached hydrogen (secondary N) is 1. The number of unbranched alkanes of at least 4 members (excludes halogenated alkanes) is 4. The third-order valence-electron chi connectivity index (χ3n) is 3.64. The lowest BCUT2D eigenvalue weighted by Crippen LogP contribution is -2.28. The molecule has 0 aliphatic carbocycles. The highest BCUT2D eigenvalue weighted by atomic mass is 16.5. The predicted molar refractivity (Wildman–Crippen MR) is 71.6 cm³/mol. The molecule has 0 saturated carbocycles. The number of hydrogen-bond acceptors (Lipinski definition) is 4. The molecule has 0 amide bonds. The first-order valence-electron chi connectivity index (χ1n) is 7.43. The van der Waals surface area contributed by atoms with Crippen LogP contribution in [0.1, 0.15) is 69.5 Å². The molecule has 1 atom stereocenters.